The fourth-order valence-corrected chi connectivity index (χ4v) is 2.18. The van der Waals surface area contributed by atoms with Crippen LogP contribution < -0.4 is 5.32 Å². The van der Waals surface area contributed by atoms with Crippen molar-refractivity contribution < 1.29 is 22.7 Å². The van der Waals surface area contributed by atoms with Crippen LogP contribution in [0.3, 0.4) is 0 Å². The van der Waals surface area contributed by atoms with E-state index in [1.165, 1.54) is 7.11 Å². The number of anilines is 1. The lowest BCUT2D eigenvalue weighted by atomic mass is 10.2. The summed E-state index contributed by atoms with van der Waals surface area (Å²) in [4.78, 5) is 11.8. The minimum absolute atomic E-state index is 0.100. The number of hydrogen-bond donors (Lipinski definition) is 1. The lowest BCUT2D eigenvalue weighted by Gasteiger charge is -2.04. The molecule has 0 saturated carbocycles. The van der Waals surface area contributed by atoms with Gasteiger partial charge in [-0.25, -0.2) is 13.2 Å². The molecule has 2 aromatic rings. The normalized spacial score (nSPS) is 12.2. The summed E-state index contributed by atoms with van der Waals surface area (Å²) in [5, 5.41) is 10.4. The molecule has 0 fully saturated rings. The minimum atomic E-state index is -1.70. The number of benzene rings is 1. The molecule has 1 amide bonds. The van der Waals surface area contributed by atoms with Crippen LogP contribution in [0.4, 0.5) is 18.3 Å². The van der Waals surface area contributed by atoms with E-state index in [0.717, 1.165) is 17.4 Å². The van der Waals surface area contributed by atoms with Crippen LogP contribution in [-0.2, 0) is 4.74 Å². The Bertz CT molecular complexity index is 678. The Morgan fingerprint density at radius 1 is 1.29 bits per heavy atom. The van der Waals surface area contributed by atoms with Crippen molar-refractivity contribution in [3.05, 3.63) is 40.2 Å². The maximum atomic E-state index is 13.5. The van der Waals surface area contributed by atoms with E-state index in [-0.39, 0.29) is 11.2 Å². The van der Waals surface area contributed by atoms with Gasteiger partial charge in [0.2, 0.25) is 5.13 Å². The Hall–Kier alpha value is -2.00. The van der Waals surface area contributed by atoms with E-state index in [1.54, 1.807) is 6.92 Å². The highest BCUT2D eigenvalue weighted by atomic mass is 32.1. The van der Waals surface area contributed by atoms with Crippen molar-refractivity contribution in [2.24, 2.45) is 0 Å². The average Bonchev–Trinajstić information content (AvgIpc) is 2.92. The van der Waals surface area contributed by atoms with Crippen molar-refractivity contribution >= 4 is 22.4 Å². The molecule has 0 aliphatic carbocycles. The molecule has 9 heteroatoms. The first-order valence-corrected chi connectivity index (χ1v) is 6.56. The summed E-state index contributed by atoms with van der Waals surface area (Å²) in [6, 6.07) is 1.52. The molecule has 1 aromatic carbocycles. The second kappa shape index (κ2) is 6.19. The number of methoxy groups -OCH3 is 1. The Morgan fingerprint density at radius 2 is 2.00 bits per heavy atom. The van der Waals surface area contributed by atoms with Crippen molar-refractivity contribution in [3.8, 4) is 0 Å². The molecule has 1 aromatic heterocycles. The quantitative estimate of drug-likeness (QED) is 0.881. The Balaban J connectivity index is 2.19. The number of carbonyl (C=O) groups is 1. The molecule has 0 aliphatic heterocycles. The maximum absolute atomic E-state index is 13.5. The van der Waals surface area contributed by atoms with Gasteiger partial charge in [-0.15, -0.1) is 10.2 Å². The summed E-state index contributed by atoms with van der Waals surface area (Å²) >= 11 is 1.03. The fourth-order valence-electron chi connectivity index (χ4n) is 1.42. The van der Waals surface area contributed by atoms with Crippen molar-refractivity contribution in [2.75, 3.05) is 12.4 Å². The molecule has 2 rings (SSSR count). The standard InChI is InChI=1S/C12H10F3N3O2S/c1-5(20-2)11-17-18-12(21-11)16-10(19)6-3-4-7(13)9(15)8(6)14/h3-5H,1-2H3,(H,16,18,19). The molecule has 5 nitrogen and oxygen atoms in total. The van der Waals surface area contributed by atoms with Gasteiger partial charge >= 0.3 is 0 Å². The maximum Gasteiger partial charge on any atom is 0.260 e. The summed E-state index contributed by atoms with van der Waals surface area (Å²) in [5.41, 5.74) is -0.620. The molecule has 1 unspecified atom stereocenters. The van der Waals surface area contributed by atoms with Crippen molar-refractivity contribution in [2.45, 2.75) is 13.0 Å². The van der Waals surface area contributed by atoms with E-state index in [4.69, 9.17) is 4.74 Å². The van der Waals surface area contributed by atoms with Crippen LogP contribution in [-0.4, -0.2) is 23.2 Å². The van der Waals surface area contributed by atoms with Crippen molar-refractivity contribution in [1.82, 2.24) is 10.2 Å². The number of rotatable bonds is 4. The first kappa shape index (κ1) is 15.4. The summed E-state index contributed by atoms with van der Waals surface area (Å²) in [5.74, 6) is -5.56. The van der Waals surface area contributed by atoms with Gasteiger partial charge in [0.05, 0.1) is 5.56 Å². The third kappa shape index (κ3) is 3.19. The molecular weight excluding hydrogens is 307 g/mol. The number of ether oxygens (including phenoxy) is 1. The molecule has 1 heterocycles. The summed E-state index contributed by atoms with van der Waals surface area (Å²) in [7, 11) is 1.49. The number of nitrogens with one attached hydrogen (secondary N) is 1. The van der Waals surface area contributed by atoms with E-state index < -0.39 is 28.9 Å². The van der Waals surface area contributed by atoms with Crippen LogP contribution in [0, 0.1) is 17.5 Å². The third-order valence-electron chi connectivity index (χ3n) is 2.64. The molecule has 1 N–H and O–H groups in total. The molecule has 0 radical (unpaired) electrons. The highest BCUT2D eigenvalue weighted by Gasteiger charge is 2.20. The highest BCUT2D eigenvalue weighted by Crippen LogP contribution is 2.24. The largest absolute Gasteiger partial charge is 0.374 e. The topological polar surface area (TPSA) is 64.1 Å². The number of aromatic nitrogens is 2. The van der Waals surface area contributed by atoms with E-state index in [9.17, 15) is 18.0 Å². The summed E-state index contributed by atoms with van der Waals surface area (Å²) < 4.78 is 44.4. The molecular formula is C12H10F3N3O2S. The second-order valence-electron chi connectivity index (χ2n) is 4.00. The van der Waals surface area contributed by atoms with Gasteiger partial charge in [-0.1, -0.05) is 11.3 Å². The van der Waals surface area contributed by atoms with E-state index in [0.29, 0.717) is 11.1 Å². The molecule has 21 heavy (non-hydrogen) atoms. The first-order chi connectivity index (χ1) is 9.93. The Kier molecular flexibility index (Phi) is 4.53. The van der Waals surface area contributed by atoms with Crippen LogP contribution >= 0.6 is 11.3 Å². The number of carbonyl (C=O) groups excluding carboxylic acids is 1. The molecule has 0 saturated heterocycles. The molecule has 0 aliphatic rings. The monoisotopic (exact) mass is 317 g/mol. The highest BCUT2D eigenvalue weighted by molar-refractivity contribution is 7.15. The van der Waals surface area contributed by atoms with Crippen molar-refractivity contribution in [1.29, 1.82) is 0 Å². The SMILES string of the molecule is COC(C)c1nnc(NC(=O)c2ccc(F)c(F)c2F)s1. The lowest BCUT2D eigenvalue weighted by molar-refractivity contribution is 0.102. The number of amides is 1. The summed E-state index contributed by atoms with van der Waals surface area (Å²) in [6.45, 7) is 1.74. The van der Waals surface area contributed by atoms with Gasteiger partial charge in [0, 0.05) is 7.11 Å². The zero-order valence-electron chi connectivity index (χ0n) is 11.0. The third-order valence-corrected chi connectivity index (χ3v) is 3.64. The molecule has 0 bridgehead atoms. The van der Waals surface area contributed by atoms with E-state index in [2.05, 4.69) is 15.5 Å². The average molecular weight is 317 g/mol. The van der Waals surface area contributed by atoms with Gasteiger partial charge < -0.3 is 4.74 Å². The van der Waals surface area contributed by atoms with Gasteiger partial charge in [0.25, 0.3) is 5.91 Å². The van der Waals surface area contributed by atoms with Crippen LogP contribution in [0.5, 0.6) is 0 Å². The van der Waals surface area contributed by atoms with Gasteiger partial charge in [-0.2, -0.15) is 0 Å². The number of nitrogens with zero attached hydrogens (tertiary/aromatic N) is 2. The Morgan fingerprint density at radius 3 is 2.67 bits per heavy atom. The van der Waals surface area contributed by atoms with Gasteiger partial charge in [-0.05, 0) is 19.1 Å². The molecule has 0 spiro atoms. The van der Waals surface area contributed by atoms with Gasteiger partial charge in [0.1, 0.15) is 11.1 Å². The van der Waals surface area contributed by atoms with Gasteiger partial charge in [-0.3, -0.25) is 10.1 Å². The molecule has 1 atom stereocenters. The minimum Gasteiger partial charge on any atom is -0.374 e. The van der Waals surface area contributed by atoms with E-state index >= 15 is 0 Å². The van der Waals surface area contributed by atoms with Crippen LogP contribution in [0.1, 0.15) is 28.4 Å². The van der Waals surface area contributed by atoms with E-state index in [1.807, 2.05) is 0 Å². The first-order valence-electron chi connectivity index (χ1n) is 5.75. The lowest BCUT2D eigenvalue weighted by Crippen LogP contribution is -2.15. The number of hydrogen-bond acceptors (Lipinski definition) is 5. The van der Waals surface area contributed by atoms with Crippen LogP contribution in [0.15, 0.2) is 12.1 Å². The van der Waals surface area contributed by atoms with Crippen molar-refractivity contribution in [3.63, 3.8) is 0 Å². The fraction of sp³-hybridized carbons (Fsp3) is 0.250. The second-order valence-corrected chi connectivity index (χ2v) is 5.01. The molecule has 112 valence electrons. The summed E-state index contributed by atoms with van der Waals surface area (Å²) in [6.07, 6.45) is -0.312. The van der Waals surface area contributed by atoms with Gasteiger partial charge in [0.15, 0.2) is 17.5 Å². The number of halogens is 3. The predicted molar refractivity (Wildman–Crippen MR) is 69.6 cm³/mol. The smallest absolute Gasteiger partial charge is 0.260 e. The van der Waals surface area contributed by atoms with Crippen LogP contribution in [0.25, 0.3) is 0 Å². The zero-order valence-corrected chi connectivity index (χ0v) is 11.8. The van der Waals surface area contributed by atoms with Crippen LogP contribution in [0.2, 0.25) is 0 Å². The zero-order chi connectivity index (χ0) is 15.6. The Labute approximate surface area is 121 Å². The predicted octanol–water partition coefficient (Wildman–Crippen LogP) is 2.92.